The van der Waals surface area contributed by atoms with Gasteiger partial charge < -0.3 is 29.3 Å². The number of ether oxygens (including phenoxy) is 3. The molecule has 2 N–H and O–H groups in total. The predicted molar refractivity (Wildman–Crippen MR) is 141 cm³/mol. The summed E-state index contributed by atoms with van der Waals surface area (Å²) in [5.41, 5.74) is 3.95. The molecule has 0 unspecified atom stereocenters. The lowest BCUT2D eigenvalue weighted by molar-refractivity contribution is -0.146. The number of carbonyl (C=O) groups is 3. The minimum atomic E-state index is -0.791. The normalized spacial score (nSPS) is 17.3. The number of anilines is 1. The van der Waals surface area contributed by atoms with E-state index < -0.39 is 11.8 Å². The van der Waals surface area contributed by atoms with Gasteiger partial charge in [0.05, 0.1) is 25.1 Å². The van der Waals surface area contributed by atoms with Crippen LogP contribution in [0.4, 0.5) is 5.69 Å². The largest absolute Gasteiger partial charge is 0.495 e. The van der Waals surface area contributed by atoms with Crippen molar-refractivity contribution >= 4 is 29.6 Å². The quantitative estimate of drug-likeness (QED) is 0.287. The molecular weight excluding hydrogens is 490 g/mol. The second-order valence-electron chi connectivity index (χ2n) is 8.95. The Morgan fingerprint density at radius 2 is 1.84 bits per heavy atom. The van der Waals surface area contributed by atoms with E-state index >= 15 is 0 Å². The van der Waals surface area contributed by atoms with E-state index in [1.54, 1.807) is 31.4 Å². The molecule has 2 aromatic rings. The van der Waals surface area contributed by atoms with Crippen LogP contribution < -0.4 is 25.1 Å². The summed E-state index contributed by atoms with van der Waals surface area (Å²) in [6.07, 6.45) is 3.50. The maximum atomic E-state index is 12.5. The molecule has 0 bridgehead atoms. The topological polar surface area (TPSA) is 122 Å². The van der Waals surface area contributed by atoms with Crippen molar-refractivity contribution in [2.24, 2.45) is 5.10 Å². The summed E-state index contributed by atoms with van der Waals surface area (Å²) in [4.78, 5) is 40.4. The Bertz CT molecular complexity index is 1130. The fourth-order valence-corrected chi connectivity index (χ4v) is 4.28. The van der Waals surface area contributed by atoms with Gasteiger partial charge in [-0.1, -0.05) is 12.1 Å². The monoisotopic (exact) mass is 523 g/mol. The van der Waals surface area contributed by atoms with Crippen LogP contribution in [0.15, 0.2) is 53.6 Å². The van der Waals surface area contributed by atoms with Crippen LogP contribution in [0.1, 0.15) is 18.4 Å². The maximum Gasteiger partial charge on any atom is 0.329 e. The van der Waals surface area contributed by atoms with Gasteiger partial charge in [-0.25, -0.2) is 5.43 Å². The van der Waals surface area contributed by atoms with Gasteiger partial charge in [-0.2, -0.15) is 5.10 Å². The zero-order valence-electron chi connectivity index (χ0n) is 21.4. The number of benzene rings is 2. The van der Waals surface area contributed by atoms with Crippen LogP contribution in [-0.4, -0.2) is 88.0 Å². The van der Waals surface area contributed by atoms with Gasteiger partial charge in [0, 0.05) is 39.3 Å². The van der Waals surface area contributed by atoms with E-state index in [2.05, 4.69) is 20.7 Å². The number of piperazine rings is 1. The van der Waals surface area contributed by atoms with Crippen molar-refractivity contribution in [2.75, 3.05) is 57.9 Å². The Kier molecular flexibility index (Phi) is 9.52. The first-order valence-corrected chi connectivity index (χ1v) is 12.6. The highest BCUT2D eigenvalue weighted by Crippen LogP contribution is 2.28. The zero-order valence-corrected chi connectivity index (χ0v) is 21.4. The van der Waals surface area contributed by atoms with Crippen molar-refractivity contribution in [2.45, 2.75) is 18.9 Å². The van der Waals surface area contributed by atoms with E-state index in [9.17, 15) is 14.4 Å². The second-order valence-corrected chi connectivity index (χ2v) is 8.95. The lowest BCUT2D eigenvalue weighted by Crippen LogP contribution is -2.52. The fraction of sp³-hybridized carbons (Fsp3) is 0.407. The van der Waals surface area contributed by atoms with E-state index in [1.807, 2.05) is 24.3 Å². The van der Waals surface area contributed by atoms with Crippen molar-refractivity contribution in [3.05, 3.63) is 54.1 Å². The van der Waals surface area contributed by atoms with E-state index in [0.717, 1.165) is 30.9 Å². The summed E-state index contributed by atoms with van der Waals surface area (Å²) in [7, 11) is 1.63. The van der Waals surface area contributed by atoms with Crippen LogP contribution in [0.3, 0.4) is 0 Å². The Balaban J connectivity index is 1.16. The SMILES string of the molecule is COc1ccccc1N1CCN(C(=O)C(=O)N/N=C\c2ccc(OCC(=O)NC[C@@H]3CCCO3)cc2)CC1. The highest BCUT2D eigenvalue weighted by Gasteiger charge is 2.27. The Morgan fingerprint density at radius 3 is 2.55 bits per heavy atom. The summed E-state index contributed by atoms with van der Waals surface area (Å²) in [6, 6.07) is 14.6. The van der Waals surface area contributed by atoms with E-state index in [1.165, 1.54) is 11.1 Å². The maximum absolute atomic E-state index is 12.5. The van der Waals surface area contributed by atoms with Gasteiger partial charge in [0.15, 0.2) is 6.61 Å². The molecule has 2 aromatic carbocycles. The number of nitrogens with zero attached hydrogens (tertiary/aromatic N) is 3. The Labute approximate surface area is 221 Å². The Hall–Kier alpha value is -4.12. The third-order valence-electron chi connectivity index (χ3n) is 6.37. The molecule has 2 saturated heterocycles. The average Bonchev–Trinajstić information content (AvgIpc) is 3.49. The second kappa shape index (κ2) is 13.4. The molecular formula is C27H33N5O6. The van der Waals surface area contributed by atoms with E-state index in [0.29, 0.717) is 44.0 Å². The molecule has 11 heteroatoms. The molecule has 202 valence electrons. The average molecular weight is 524 g/mol. The highest BCUT2D eigenvalue weighted by atomic mass is 16.5. The number of rotatable bonds is 9. The summed E-state index contributed by atoms with van der Waals surface area (Å²) in [6.45, 7) is 3.16. The molecule has 0 aromatic heterocycles. The van der Waals surface area contributed by atoms with Gasteiger partial charge in [0.1, 0.15) is 11.5 Å². The molecule has 2 heterocycles. The first kappa shape index (κ1) is 26.9. The van der Waals surface area contributed by atoms with Gasteiger partial charge in [-0.3, -0.25) is 14.4 Å². The molecule has 1 atom stereocenters. The number of hydrogen-bond acceptors (Lipinski definition) is 8. The van der Waals surface area contributed by atoms with Crippen molar-refractivity contribution in [3.63, 3.8) is 0 Å². The third kappa shape index (κ3) is 7.45. The molecule has 0 spiro atoms. The van der Waals surface area contributed by atoms with Crippen LogP contribution in [0.2, 0.25) is 0 Å². The van der Waals surface area contributed by atoms with Gasteiger partial charge in [0.2, 0.25) is 0 Å². The third-order valence-corrected chi connectivity index (χ3v) is 6.37. The molecule has 4 rings (SSSR count). The molecule has 0 radical (unpaired) electrons. The number of hydrogen-bond donors (Lipinski definition) is 2. The van der Waals surface area contributed by atoms with Crippen LogP contribution in [0.25, 0.3) is 0 Å². The number of para-hydroxylation sites is 2. The standard InChI is InChI=1S/C27H33N5O6/c1-36-24-7-3-2-6-23(24)31-12-14-32(15-13-31)27(35)26(34)30-29-17-20-8-10-21(11-9-20)38-19-25(33)28-18-22-5-4-16-37-22/h2-3,6-11,17,22H,4-5,12-16,18-19H2,1H3,(H,28,33)(H,30,34)/b29-17-/t22-/m0/s1. The van der Waals surface area contributed by atoms with Gasteiger partial charge in [0.25, 0.3) is 5.91 Å². The lowest BCUT2D eigenvalue weighted by atomic mass is 10.2. The zero-order chi connectivity index (χ0) is 26.7. The number of amides is 3. The van der Waals surface area contributed by atoms with Crippen molar-refractivity contribution < 1.29 is 28.6 Å². The summed E-state index contributed by atoms with van der Waals surface area (Å²) in [5, 5.41) is 6.70. The number of methoxy groups -OCH3 is 1. The van der Waals surface area contributed by atoms with Crippen LogP contribution >= 0.6 is 0 Å². The summed E-state index contributed by atoms with van der Waals surface area (Å²) < 4.78 is 16.4. The van der Waals surface area contributed by atoms with E-state index in [-0.39, 0.29) is 18.6 Å². The minimum Gasteiger partial charge on any atom is -0.495 e. The molecule has 2 aliphatic rings. The first-order chi connectivity index (χ1) is 18.5. The summed E-state index contributed by atoms with van der Waals surface area (Å²) in [5.74, 6) is -0.320. The van der Waals surface area contributed by atoms with Crippen molar-refractivity contribution in [3.8, 4) is 11.5 Å². The molecule has 3 amide bonds. The van der Waals surface area contributed by atoms with Crippen LogP contribution in [0.5, 0.6) is 11.5 Å². The predicted octanol–water partition coefficient (Wildman–Crippen LogP) is 1.17. The molecule has 11 nitrogen and oxygen atoms in total. The van der Waals surface area contributed by atoms with Gasteiger partial charge in [-0.15, -0.1) is 0 Å². The highest BCUT2D eigenvalue weighted by molar-refractivity contribution is 6.35. The summed E-state index contributed by atoms with van der Waals surface area (Å²) >= 11 is 0. The fourth-order valence-electron chi connectivity index (χ4n) is 4.28. The van der Waals surface area contributed by atoms with Crippen LogP contribution in [0, 0.1) is 0 Å². The van der Waals surface area contributed by atoms with Crippen LogP contribution in [-0.2, 0) is 19.1 Å². The smallest absolute Gasteiger partial charge is 0.329 e. The molecule has 0 aliphatic carbocycles. The van der Waals surface area contributed by atoms with Gasteiger partial charge in [-0.05, 0) is 54.8 Å². The molecule has 2 aliphatic heterocycles. The molecule has 2 fully saturated rings. The Morgan fingerprint density at radius 1 is 1.08 bits per heavy atom. The lowest BCUT2D eigenvalue weighted by Gasteiger charge is -2.36. The molecule has 38 heavy (non-hydrogen) atoms. The van der Waals surface area contributed by atoms with E-state index in [4.69, 9.17) is 14.2 Å². The number of carbonyl (C=O) groups excluding carboxylic acids is 3. The van der Waals surface area contributed by atoms with Crippen molar-refractivity contribution in [1.82, 2.24) is 15.6 Å². The van der Waals surface area contributed by atoms with Crippen molar-refractivity contribution in [1.29, 1.82) is 0 Å². The minimum absolute atomic E-state index is 0.0859. The number of nitrogens with one attached hydrogen (secondary N) is 2. The molecule has 0 saturated carbocycles. The number of hydrazone groups is 1. The van der Waals surface area contributed by atoms with Gasteiger partial charge >= 0.3 is 11.8 Å². The first-order valence-electron chi connectivity index (χ1n) is 12.6.